The van der Waals surface area contributed by atoms with Crippen molar-refractivity contribution in [2.75, 3.05) is 0 Å². The van der Waals surface area contributed by atoms with Crippen molar-refractivity contribution in [1.29, 1.82) is 0 Å². The number of benzene rings is 1. The first-order valence-electron chi connectivity index (χ1n) is 7.65. The third-order valence-corrected chi connectivity index (χ3v) is 3.65. The van der Waals surface area contributed by atoms with Crippen molar-refractivity contribution < 1.29 is 4.79 Å². The summed E-state index contributed by atoms with van der Waals surface area (Å²) in [5.41, 5.74) is 2.15. The summed E-state index contributed by atoms with van der Waals surface area (Å²) in [6, 6.07) is 5.57. The van der Waals surface area contributed by atoms with Gasteiger partial charge in [-0.25, -0.2) is 0 Å². The first kappa shape index (κ1) is 14.7. The number of fused-ring (bicyclic) bond motifs is 1. The van der Waals surface area contributed by atoms with E-state index < -0.39 is 0 Å². The Labute approximate surface area is 120 Å². The molecule has 4 heteroatoms. The Morgan fingerprint density at radius 3 is 2.60 bits per heavy atom. The zero-order chi connectivity index (χ0) is 14.2. The molecular weight excluding hydrogens is 250 g/mol. The summed E-state index contributed by atoms with van der Waals surface area (Å²) in [6.07, 6.45) is 9.18. The van der Waals surface area contributed by atoms with Crippen LogP contribution in [0.5, 0.6) is 0 Å². The van der Waals surface area contributed by atoms with Crippen molar-refractivity contribution in [3.05, 3.63) is 23.8 Å². The predicted octanol–water partition coefficient (Wildman–Crippen LogP) is 4.28. The number of hydrogen-bond acceptors (Lipinski definition) is 3. The molecule has 0 unspecified atom stereocenters. The number of ketones is 1. The van der Waals surface area contributed by atoms with Gasteiger partial charge >= 0.3 is 0 Å². The summed E-state index contributed by atoms with van der Waals surface area (Å²) in [4.78, 5) is 12.2. The van der Waals surface area contributed by atoms with Crippen LogP contribution in [0.15, 0.2) is 18.2 Å². The Hall–Kier alpha value is -1.71. The van der Waals surface area contributed by atoms with Crippen molar-refractivity contribution in [2.24, 2.45) is 0 Å². The van der Waals surface area contributed by atoms with Crippen molar-refractivity contribution in [3.8, 4) is 0 Å². The fraction of sp³-hybridized carbons (Fsp3) is 0.562. The highest BCUT2D eigenvalue weighted by molar-refractivity contribution is 6.05. The van der Waals surface area contributed by atoms with E-state index in [-0.39, 0.29) is 5.78 Å². The number of nitrogens with one attached hydrogen (secondary N) is 1. The molecule has 20 heavy (non-hydrogen) atoms. The number of hydrogen-bond donors (Lipinski definition) is 1. The van der Waals surface area contributed by atoms with Gasteiger partial charge in [0.1, 0.15) is 11.0 Å². The summed E-state index contributed by atoms with van der Waals surface area (Å²) in [7, 11) is 0. The molecule has 1 heterocycles. The Morgan fingerprint density at radius 2 is 1.80 bits per heavy atom. The molecule has 108 valence electrons. The normalized spacial score (nSPS) is 11.1. The van der Waals surface area contributed by atoms with Crippen LogP contribution >= 0.6 is 0 Å². The molecule has 0 radical (unpaired) electrons. The van der Waals surface area contributed by atoms with Gasteiger partial charge in [0.05, 0.1) is 0 Å². The fourth-order valence-corrected chi connectivity index (χ4v) is 2.47. The zero-order valence-electron chi connectivity index (χ0n) is 12.2. The molecule has 2 aromatic rings. The molecule has 1 aromatic heterocycles. The molecule has 0 aliphatic rings. The van der Waals surface area contributed by atoms with E-state index in [1.54, 1.807) is 0 Å². The Kier molecular flexibility index (Phi) is 5.71. The van der Waals surface area contributed by atoms with Gasteiger partial charge in [0.15, 0.2) is 5.78 Å². The van der Waals surface area contributed by atoms with Gasteiger partial charge in [-0.2, -0.15) is 15.4 Å². The Balaban J connectivity index is 1.76. The molecule has 0 fully saturated rings. The summed E-state index contributed by atoms with van der Waals surface area (Å²) in [5, 5.41) is 10.6. The lowest BCUT2D eigenvalue weighted by atomic mass is 10.0. The molecule has 0 saturated heterocycles. The van der Waals surface area contributed by atoms with Crippen LogP contribution in [-0.4, -0.2) is 21.2 Å². The summed E-state index contributed by atoms with van der Waals surface area (Å²) >= 11 is 0. The number of carbonyl (C=O) groups excluding carboxylic acids is 1. The molecule has 0 amide bonds. The zero-order valence-corrected chi connectivity index (χ0v) is 12.2. The number of aromatic amines is 1. The minimum Gasteiger partial charge on any atom is -0.294 e. The van der Waals surface area contributed by atoms with Crippen LogP contribution in [0.1, 0.15) is 68.6 Å². The van der Waals surface area contributed by atoms with Crippen molar-refractivity contribution in [2.45, 2.75) is 58.3 Å². The van der Waals surface area contributed by atoms with Gasteiger partial charge < -0.3 is 0 Å². The molecule has 2 rings (SSSR count). The molecule has 0 atom stereocenters. The smallest absolute Gasteiger partial charge is 0.165 e. The second-order valence-electron chi connectivity index (χ2n) is 5.29. The maximum absolute atomic E-state index is 12.2. The van der Waals surface area contributed by atoms with Gasteiger partial charge in [-0.05, 0) is 18.6 Å². The number of para-hydroxylation sites is 1. The van der Waals surface area contributed by atoms with Crippen LogP contribution in [0.4, 0.5) is 0 Å². The van der Waals surface area contributed by atoms with Crippen LogP contribution in [0.2, 0.25) is 0 Å². The molecule has 4 nitrogen and oxygen atoms in total. The quantitative estimate of drug-likeness (QED) is 0.548. The summed E-state index contributed by atoms with van der Waals surface area (Å²) < 4.78 is 0. The highest BCUT2D eigenvalue weighted by Crippen LogP contribution is 2.17. The summed E-state index contributed by atoms with van der Waals surface area (Å²) in [5.74, 6) is 0.179. The van der Waals surface area contributed by atoms with E-state index in [0.29, 0.717) is 17.5 Å². The lowest BCUT2D eigenvalue weighted by Crippen LogP contribution is -2.00. The number of nitrogens with zero attached hydrogens (tertiary/aromatic N) is 2. The van der Waals surface area contributed by atoms with Gasteiger partial charge in [-0.3, -0.25) is 4.79 Å². The maximum Gasteiger partial charge on any atom is 0.165 e. The first-order valence-corrected chi connectivity index (χ1v) is 7.65. The van der Waals surface area contributed by atoms with Gasteiger partial charge in [0.25, 0.3) is 0 Å². The van der Waals surface area contributed by atoms with Crippen molar-refractivity contribution in [1.82, 2.24) is 15.4 Å². The number of aromatic nitrogens is 3. The van der Waals surface area contributed by atoms with E-state index in [0.717, 1.165) is 18.4 Å². The SMILES string of the molecule is CCCCCCCCCC(=O)c1cccc2n[nH]nc12. The average Bonchev–Trinajstić information content (AvgIpc) is 2.94. The van der Waals surface area contributed by atoms with Crippen LogP contribution in [0.3, 0.4) is 0 Å². The minimum absolute atomic E-state index is 0.179. The van der Waals surface area contributed by atoms with Gasteiger partial charge in [-0.1, -0.05) is 51.5 Å². The topological polar surface area (TPSA) is 58.6 Å². The number of H-pyrrole nitrogens is 1. The van der Waals surface area contributed by atoms with Gasteiger partial charge in [-0.15, -0.1) is 0 Å². The highest BCUT2D eigenvalue weighted by Gasteiger charge is 2.11. The minimum atomic E-state index is 0.179. The predicted molar refractivity (Wildman–Crippen MR) is 80.8 cm³/mol. The fourth-order valence-electron chi connectivity index (χ4n) is 2.47. The van der Waals surface area contributed by atoms with Crippen LogP contribution < -0.4 is 0 Å². The molecule has 0 bridgehead atoms. The molecule has 1 N–H and O–H groups in total. The number of rotatable bonds is 9. The second kappa shape index (κ2) is 7.78. The lowest BCUT2D eigenvalue weighted by molar-refractivity contribution is 0.0980. The molecule has 0 spiro atoms. The first-order chi connectivity index (χ1) is 9.83. The van der Waals surface area contributed by atoms with E-state index in [1.165, 1.54) is 32.1 Å². The molecule has 1 aromatic carbocycles. The standard InChI is InChI=1S/C16H23N3O/c1-2-3-4-5-6-7-8-12-15(20)13-10-9-11-14-16(13)18-19-17-14/h9-11H,2-8,12H2,1H3,(H,17,18,19). The molecular formula is C16H23N3O. The van der Waals surface area contributed by atoms with E-state index in [1.807, 2.05) is 18.2 Å². The monoisotopic (exact) mass is 273 g/mol. The Morgan fingerprint density at radius 1 is 1.05 bits per heavy atom. The maximum atomic E-state index is 12.2. The third-order valence-electron chi connectivity index (χ3n) is 3.65. The molecule has 0 aliphatic heterocycles. The number of unbranched alkanes of at least 4 members (excludes halogenated alkanes) is 6. The van der Waals surface area contributed by atoms with Crippen LogP contribution in [-0.2, 0) is 0 Å². The second-order valence-corrected chi connectivity index (χ2v) is 5.29. The Bertz CT molecular complexity index is 547. The van der Waals surface area contributed by atoms with E-state index in [2.05, 4.69) is 22.3 Å². The van der Waals surface area contributed by atoms with Crippen molar-refractivity contribution in [3.63, 3.8) is 0 Å². The third kappa shape index (κ3) is 3.89. The largest absolute Gasteiger partial charge is 0.294 e. The summed E-state index contributed by atoms with van der Waals surface area (Å²) in [6.45, 7) is 2.23. The van der Waals surface area contributed by atoms with E-state index >= 15 is 0 Å². The van der Waals surface area contributed by atoms with E-state index in [4.69, 9.17) is 0 Å². The number of carbonyl (C=O) groups is 1. The van der Waals surface area contributed by atoms with E-state index in [9.17, 15) is 4.79 Å². The van der Waals surface area contributed by atoms with Gasteiger partial charge in [0.2, 0.25) is 0 Å². The highest BCUT2D eigenvalue weighted by atomic mass is 16.1. The number of Topliss-reactive ketones (excluding diaryl/α,β-unsaturated/α-hetero) is 1. The van der Waals surface area contributed by atoms with Crippen molar-refractivity contribution >= 4 is 16.8 Å². The molecule has 0 saturated carbocycles. The van der Waals surface area contributed by atoms with Crippen LogP contribution in [0, 0.1) is 0 Å². The average molecular weight is 273 g/mol. The van der Waals surface area contributed by atoms with Gasteiger partial charge in [0, 0.05) is 12.0 Å². The lowest BCUT2D eigenvalue weighted by Gasteiger charge is -2.02. The van der Waals surface area contributed by atoms with Crippen LogP contribution in [0.25, 0.3) is 11.0 Å². The molecule has 0 aliphatic carbocycles.